The summed E-state index contributed by atoms with van der Waals surface area (Å²) in [6.45, 7) is 0. The Bertz CT molecular complexity index is 437. The van der Waals surface area contributed by atoms with Crippen molar-refractivity contribution in [3.05, 3.63) is 25.1 Å². The summed E-state index contributed by atoms with van der Waals surface area (Å²) in [6.07, 6.45) is 0. The van der Waals surface area contributed by atoms with Crippen LogP contribution < -0.4 is 0 Å². The minimum atomic E-state index is -0.944. The first-order chi connectivity index (χ1) is 7.86. The predicted octanol–water partition coefficient (Wildman–Crippen LogP) is 5.78. The molecule has 0 aliphatic carbocycles. The summed E-state index contributed by atoms with van der Waals surface area (Å²) >= 11 is 29.4. The Morgan fingerprint density at radius 3 is 1.76 bits per heavy atom. The van der Waals surface area contributed by atoms with Crippen molar-refractivity contribution in [2.45, 2.75) is 4.90 Å². The van der Waals surface area contributed by atoms with Gasteiger partial charge in [0.25, 0.3) is 0 Å². The molecule has 1 aromatic carbocycles. The highest BCUT2D eigenvalue weighted by molar-refractivity contribution is 8.77. The highest BCUT2D eigenvalue weighted by Crippen LogP contribution is 2.50. The average Bonchev–Trinajstić information content (AvgIpc) is 2.28. The number of carbonyl (C=O) groups is 1. The summed E-state index contributed by atoms with van der Waals surface area (Å²) < 4.78 is 0. The number of hydrogen-bond acceptors (Lipinski definition) is 3. The molecule has 1 N–H and O–H groups in total. The summed E-state index contributed by atoms with van der Waals surface area (Å²) in [6, 6.07) is 0. The van der Waals surface area contributed by atoms with Gasteiger partial charge in [0.15, 0.2) is 0 Å². The Labute approximate surface area is 130 Å². The molecule has 2 nitrogen and oxygen atoms in total. The van der Waals surface area contributed by atoms with Crippen LogP contribution in [0.15, 0.2) is 4.90 Å². The third kappa shape index (κ3) is 3.90. The fourth-order valence-electron chi connectivity index (χ4n) is 0.797. The number of benzene rings is 1. The predicted molar refractivity (Wildman–Crippen MR) is 77.4 cm³/mol. The molecule has 1 rings (SSSR count). The van der Waals surface area contributed by atoms with E-state index in [4.69, 9.17) is 63.1 Å². The fourth-order valence-corrected chi connectivity index (χ4v) is 4.51. The largest absolute Gasteiger partial charge is 0.481 e. The molecule has 0 aromatic heterocycles. The second kappa shape index (κ2) is 6.85. The molecule has 0 aliphatic heterocycles. The van der Waals surface area contributed by atoms with Crippen molar-refractivity contribution in [3.8, 4) is 0 Å². The van der Waals surface area contributed by atoms with E-state index in [-0.39, 0.29) is 30.9 Å². The van der Waals surface area contributed by atoms with Crippen LogP contribution in [0.2, 0.25) is 25.1 Å². The Kier molecular flexibility index (Phi) is 6.40. The standard InChI is InChI=1S/C8H3Cl5O2S2/c9-3-4(10)6(12)8(7(13)5(3)11)17-16-1-2(14)15/h1H2,(H,14,15). The van der Waals surface area contributed by atoms with Crippen molar-refractivity contribution >= 4 is 85.6 Å². The van der Waals surface area contributed by atoms with E-state index < -0.39 is 5.97 Å². The van der Waals surface area contributed by atoms with Gasteiger partial charge in [-0.25, -0.2) is 0 Å². The van der Waals surface area contributed by atoms with Crippen LogP contribution in [0.1, 0.15) is 0 Å². The Balaban J connectivity index is 3.03. The molecule has 17 heavy (non-hydrogen) atoms. The minimum absolute atomic E-state index is 0.0796. The minimum Gasteiger partial charge on any atom is -0.481 e. The van der Waals surface area contributed by atoms with Gasteiger partial charge in [-0.2, -0.15) is 0 Å². The van der Waals surface area contributed by atoms with E-state index in [0.717, 1.165) is 21.6 Å². The summed E-state index contributed by atoms with van der Waals surface area (Å²) in [5.74, 6) is -1.05. The third-order valence-corrected chi connectivity index (χ3v) is 6.26. The molecule has 0 unspecified atom stereocenters. The second-order valence-corrected chi connectivity index (χ2v) is 6.83. The molecule has 94 valence electrons. The monoisotopic (exact) mass is 370 g/mol. The summed E-state index contributed by atoms with van der Waals surface area (Å²) in [4.78, 5) is 10.8. The molecule has 0 atom stereocenters. The van der Waals surface area contributed by atoms with Gasteiger partial charge >= 0.3 is 5.97 Å². The van der Waals surface area contributed by atoms with Crippen molar-refractivity contribution in [2.24, 2.45) is 0 Å². The summed E-state index contributed by atoms with van der Waals surface area (Å²) in [5.41, 5.74) is 0. The number of carboxylic acids is 1. The number of halogens is 5. The number of rotatable bonds is 4. The van der Waals surface area contributed by atoms with Gasteiger partial charge < -0.3 is 5.11 Å². The van der Waals surface area contributed by atoms with Gasteiger partial charge in [-0.05, 0) is 0 Å². The lowest BCUT2D eigenvalue weighted by Gasteiger charge is -2.10. The van der Waals surface area contributed by atoms with Crippen molar-refractivity contribution in [1.82, 2.24) is 0 Å². The lowest BCUT2D eigenvalue weighted by atomic mass is 10.3. The van der Waals surface area contributed by atoms with E-state index in [0.29, 0.717) is 4.90 Å². The van der Waals surface area contributed by atoms with E-state index >= 15 is 0 Å². The Hall–Kier alpha value is 0.840. The molecule has 0 aliphatic rings. The lowest BCUT2D eigenvalue weighted by Crippen LogP contribution is -1.95. The van der Waals surface area contributed by atoms with Gasteiger partial charge in [-0.15, -0.1) is 0 Å². The van der Waals surface area contributed by atoms with Gasteiger partial charge in [-0.1, -0.05) is 79.6 Å². The molecular formula is C8H3Cl5O2S2. The van der Waals surface area contributed by atoms with Gasteiger partial charge in [0.05, 0.1) is 30.0 Å². The van der Waals surface area contributed by atoms with Gasteiger partial charge in [0, 0.05) is 0 Å². The van der Waals surface area contributed by atoms with Crippen molar-refractivity contribution in [2.75, 3.05) is 5.75 Å². The van der Waals surface area contributed by atoms with Gasteiger partial charge in [0.1, 0.15) is 5.75 Å². The van der Waals surface area contributed by atoms with Crippen LogP contribution in [0.25, 0.3) is 0 Å². The zero-order valence-electron chi connectivity index (χ0n) is 7.77. The van der Waals surface area contributed by atoms with Gasteiger partial charge in [-0.3, -0.25) is 4.79 Å². The van der Waals surface area contributed by atoms with Gasteiger partial charge in [0.2, 0.25) is 0 Å². The van der Waals surface area contributed by atoms with Crippen LogP contribution in [0.5, 0.6) is 0 Å². The first-order valence-corrected chi connectivity index (χ1v) is 8.09. The highest BCUT2D eigenvalue weighted by Gasteiger charge is 2.20. The molecule has 0 saturated carbocycles. The lowest BCUT2D eigenvalue weighted by molar-refractivity contribution is -0.133. The van der Waals surface area contributed by atoms with E-state index in [1.807, 2.05) is 0 Å². The number of carboxylic acid groups (broad SMARTS) is 1. The Morgan fingerprint density at radius 2 is 1.35 bits per heavy atom. The zero-order valence-corrected chi connectivity index (χ0v) is 13.2. The molecule has 0 spiro atoms. The first kappa shape index (κ1) is 15.9. The fraction of sp³-hybridized carbons (Fsp3) is 0.125. The molecule has 0 radical (unpaired) electrons. The maximum absolute atomic E-state index is 10.4. The molecule has 0 fully saturated rings. The quantitative estimate of drug-likeness (QED) is 0.413. The highest BCUT2D eigenvalue weighted by atomic mass is 35.5. The van der Waals surface area contributed by atoms with Crippen LogP contribution >= 0.6 is 79.6 Å². The van der Waals surface area contributed by atoms with Crippen LogP contribution in [-0.2, 0) is 4.79 Å². The molecule has 0 bridgehead atoms. The summed E-state index contributed by atoms with van der Waals surface area (Å²) in [7, 11) is 2.14. The smallest absolute Gasteiger partial charge is 0.314 e. The first-order valence-electron chi connectivity index (χ1n) is 3.89. The molecule has 9 heteroatoms. The molecule has 0 amide bonds. The van der Waals surface area contributed by atoms with Crippen molar-refractivity contribution in [3.63, 3.8) is 0 Å². The topological polar surface area (TPSA) is 37.3 Å². The molecular weight excluding hydrogens is 369 g/mol. The van der Waals surface area contributed by atoms with Crippen molar-refractivity contribution in [1.29, 1.82) is 0 Å². The maximum atomic E-state index is 10.4. The molecule has 0 heterocycles. The van der Waals surface area contributed by atoms with E-state index in [1.54, 1.807) is 0 Å². The van der Waals surface area contributed by atoms with Crippen LogP contribution in [-0.4, -0.2) is 16.8 Å². The van der Waals surface area contributed by atoms with Crippen LogP contribution in [0.4, 0.5) is 0 Å². The van der Waals surface area contributed by atoms with E-state index in [9.17, 15) is 4.79 Å². The third-order valence-electron chi connectivity index (χ3n) is 1.49. The van der Waals surface area contributed by atoms with E-state index in [1.165, 1.54) is 0 Å². The number of hydrogen-bond donors (Lipinski definition) is 1. The number of aliphatic carboxylic acids is 1. The average molecular weight is 373 g/mol. The summed E-state index contributed by atoms with van der Waals surface area (Å²) in [5, 5.41) is 9.11. The van der Waals surface area contributed by atoms with E-state index in [2.05, 4.69) is 0 Å². The van der Waals surface area contributed by atoms with Crippen LogP contribution in [0.3, 0.4) is 0 Å². The SMILES string of the molecule is O=C(O)CSSc1c(Cl)c(Cl)c(Cl)c(Cl)c1Cl. The van der Waals surface area contributed by atoms with Crippen LogP contribution in [0, 0.1) is 0 Å². The molecule has 1 aromatic rings. The zero-order chi connectivity index (χ0) is 13.2. The second-order valence-electron chi connectivity index (χ2n) is 2.64. The van der Waals surface area contributed by atoms with Crippen molar-refractivity contribution < 1.29 is 9.90 Å². The molecule has 0 saturated heterocycles. The maximum Gasteiger partial charge on any atom is 0.314 e. The normalized spacial score (nSPS) is 10.6. The Morgan fingerprint density at radius 1 is 0.941 bits per heavy atom.